The Kier molecular flexibility index (Phi) is 8.13. The lowest BCUT2D eigenvalue weighted by Crippen LogP contribution is -2.52. The van der Waals surface area contributed by atoms with Crippen molar-refractivity contribution in [1.29, 1.82) is 0 Å². The van der Waals surface area contributed by atoms with Crippen LogP contribution in [0.25, 0.3) is 0 Å². The van der Waals surface area contributed by atoms with E-state index < -0.39 is 11.9 Å². The first-order valence-electron chi connectivity index (χ1n) is 13.5. The minimum absolute atomic E-state index is 0.0151. The zero-order valence-electron chi connectivity index (χ0n) is 23.4. The van der Waals surface area contributed by atoms with E-state index >= 15 is 0 Å². The van der Waals surface area contributed by atoms with Crippen molar-refractivity contribution in [3.05, 3.63) is 35.5 Å². The van der Waals surface area contributed by atoms with Crippen molar-refractivity contribution >= 4 is 17.7 Å². The molecule has 0 aromatic heterocycles. The van der Waals surface area contributed by atoms with Crippen LogP contribution in [0.15, 0.2) is 35.5 Å². The Hall–Kier alpha value is -2.17. The van der Waals surface area contributed by atoms with Crippen molar-refractivity contribution < 1.29 is 24.2 Å². The quantitative estimate of drug-likeness (QED) is 0.212. The maximum Gasteiger partial charge on any atom is 0.309 e. The number of hydrogen-bond acceptors (Lipinski definition) is 4. The summed E-state index contributed by atoms with van der Waals surface area (Å²) in [7, 11) is 1.42. The molecule has 0 saturated heterocycles. The fourth-order valence-corrected chi connectivity index (χ4v) is 8.46. The monoisotopic (exact) mass is 498 g/mol. The van der Waals surface area contributed by atoms with Gasteiger partial charge in [-0.3, -0.25) is 14.4 Å². The number of carboxylic acid groups (broad SMARTS) is 1. The molecular formula is C31H46O5. The van der Waals surface area contributed by atoms with Gasteiger partial charge in [-0.1, -0.05) is 50.1 Å². The van der Waals surface area contributed by atoms with Gasteiger partial charge in [0.2, 0.25) is 0 Å². The number of hydrogen-bond donors (Lipinski definition) is 1. The van der Waals surface area contributed by atoms with E-state index in [-0.39, 0.29) is 52.7 Å². The second-order valence-corrected chi connectivity index (χ2v) is 12.7. The molecule has 2 saturated carbocycles. The van der Waals surface area contributed by atoms with Crippen LogP contribution in [0.1, 0.15) is 92.9 Å². The van der Waals surface area contributed by atoms with Crippen LogP contribution in [0.3, 0.4) is 0 Å². The minimum Gasteiger partial charge on any atom is -0.481 e. The number of fused-ring (bicyclic) bond motifs is 3. The van der Waals surface area contributed by atoms with Crippen LogP contribution in [0, 0.1) is 39.9 Å². The summed E-state index contributed by atoms with van der Waals surface area (Å²) in [4.78, 5) is 37.4. The van der Waals surface area contributed by atoms with E-state index in [4.69, 9.17) is 4.74 Å². The summed E-state index contributed by atoms with van der Waals surface area (Å²) in [5.74, 6) is -0.869. The van der Waals surface area contributed by atoms with Gasteiger partial charge in [-0.25, -0.2) is 0 Å². The van der Waals surface area contributed by atoms with Gasteiger partial charge in [0.05, 0.1) is 13.0 Å². The highest BCUT2D eigenvalue weighted by Crippen LogP contribution is 2.72. The standard InChI is InChI=1S/C31H46O5/c1-19(2)17-21(32)18-22(28(35)36-8)24-11-15-31(7)26-10-9-23(20(3)4)29(5,14-13-27(33)34)25(26)12-16-30(24,31)6/h10,17,22-25H,3,9,11-16,18H2,1-2,4-8H3,(H,33,34). The van der Waals surface area contributed by atoms with Crippen LogP contribution >= 0.6 is 0 Å². The zero-order valence-corrected chi connectivity index (χ0v) is 23.4. The first-order valence-corrected chi connectivity index (χ1v) is 13.5. The van der Waals surface area contributed by atoms with Crippen molar-refractivity contribution in [2.24, 2.45) is 39.9 Å². The highest BCUT2D eigenvalue weighted by atomic mass is 16.5. The summed E-state index contributed by atoms with van der Waals surface area (Å²) in [6.45, 7) is 17.1. The predicted octanol–water partition coefficient (Wildman–Crippen LogP) is 6.93. The van der Waals surface area contributed by atoms with Crippen LogP contribution < -0.4 is 0 Å². The Balaban J connectivity index is 2.01. The molecule has 0 aromatic rings. The first kappa shape index (κ1) is 28.4. The van der Waals surface area contributed by atoms with Crippen molar-refractivity contribution in [3.8, 4) is 0 Å². The number of carboxylic acids is 1. The van der Waals surface area contributed by atoms with E-state index in [1.165, 1.54) is 12.7 Å². The van der Waals surface area contributed by atoms with E-state index in [2.05, 4.69) is 40.3 Å². The number of ether oxygens (including phenoxy) is 1. The molecule has 0 aromatic carbocycles. The normalized spacial score (nSPS) is 36.1. The number of aliphatic carboxylic acids is 1. The number of methoxy groups -OCH3 is 1. The largest absolute Gasteiger partial charge is 0.481 e. The highest BCUT2D eigenvalue weighted by Gasteiger charge is 2.64. The molecule has 0 spiro atoms. The van der Waals surface area contributed by atoms with Gasteiger partial charge in [0, 0.05) is 12.8 Å². The van der Waals surface area contributed by atoms with Gasteiger partial charge in [0.25, 0.3) is 0 Å². The minimum atomic E-state index is -0.748. The third kappa shape index (κ3) is 4.75. The van der Waals surface area contributed by atoms with Crippen molar-refractivity contribution in [2.75, 3.05) is 7.11 Å². The molecule has 0 heterocycles. The van der Waals surface area contributed by atoms with Gasteiger partial charge in [-0.2, -0.15) is 0 Å². The summed E-state index contributed by atoms with van der Waals surface area (Å²) in [5.41, 5.74) is 3.12. The Morgan fingerprint density at radius 2 is 1.83 bits per heavy atom. The van der Waals surface area contributed by atoms with Gasteiger partial charge in [-0.05, 0) is 99.4 Å². The Bertz CT molecular complexity index is 985. The summed E-state index contributed by atoms with van der Waals surface area (Å²) < 4.78 is 5.23. The molecule has 1 N–H and O–H groups in total. The van der Waals surface area contributed by atoms with Gasteiger partial charge < -0.3 is 9.84 Å². The van der Waals surface area contributed by atoms with Crippen LogP contribution in [0.4, 0.5) is 0 Å². The third-order valence-corrected chi connectivity index (χ3v) is 10.5. The van der Waals surface area contributed by atoms with Gasteiger partial charge in [0.1, 0.15) is 0 Å². The van der Waals surface area contributed by atoms with E-state index in [0.29, 0.717) is 12.3 Å². The van der Waals surface area contributed by atoms with Crippen LogP contribution in [0.5, 0.6) is 0 Å². The summed E-state index contributed by atoms with van der Waals surface area (Å²) in [6, 6.07) is 0. The lowest BCUT2D eigenvalue weighted by molar-refractivity contribution is -0.152. The van der Waals surface area contributed by atoms with Crippen molar-refractivity contribution in [2.45, 2.75) is 92.9 Å². The number of ketones is 1. The molecule has 3 aliphatic carbocycles. The molecule has 0 amide bonds. The summed E-state index contributed by atoms with van der Waals surface area (Å²) in [6.07, 6.45) is 9.69. The van der Waals surface area contributed by atoms with E-state index in [9.17, 15) is 19.5 Å². The van der Waals surface area contributed by atoms with Crippen LogP contribution in [0.2, 0.25) is 0 Å². The van der Waals surface area contributed by atoms with Crippen molar-refractivity contribution in [3.63, 3.8) is 0 Å². The number of carbonyl (C=O) groups is 3. The molecule has 7 atom stereocenters. The second kappa shape index (κ2) is 10.3. The SMILES string of the molecule is C=C(C)C1CC=C2C(CCC3(C)C(C(CC(=O)C=C(C)C)C(=O)OC)CCC23C)C1(C)CCC(=O)O. The van der Waals surface area contributed by atoms with Crippen molar-refractivity contribution in [1.82, 2.24) is 0 Å². The molecule has 3 rings (SSSR count). The van der Waals surface area contributed by atoms with Crippen LogP contribution in [-0.2, 0) is 19.1 Å². The maximum absolute atomic E-state index is 13.0. The molecule has 200 valence electrons. The number of carbonyl (C=O) groups excluding carboxylic acids is 2. The lowest BCUT2D eigenvalue weighted by Gasteiger charge is -2.60. The first-order chi connectivity index (χ1) is 16.7. The van der Waals surface area contributed by atoms with E-state index in [1.807, 2.05) is 13.8 Å². The van der Waals surface area contributed by atoms with Crippen LogP contribution in [-0.4, -0.2) is 29.9 Å². The van der Waals surface area contributed by atoms with E-state index in [0.717, 1.165) is 43.3 Å². The fraction of sp³-hybridized carbons (Fsp3) is 0.710. The van der Waals surface area contributed by atoms with Gasteiger partial charge in [0.15, 0.2) is 5.78 Å². The molecule has 5 heteroatoms. The maximum atomic E-state index is 13.0. The van der Waals surface area contributed by atoms with E-state index in [1.54, 1.807) is 6.08 Å². The molecule has 2 fully saturated rings. The molecule has 0 aliphatic heterocycles. The Morgan fingerprint density at radius 1 is 1.17 bits per heavy atom. The average Bonchev–Trinajstić information content (AvgIpc) is 3.06. The number of esters is 1. The molecule has 7 unspecified atom stereocenters. The smallest absolute Gasteiger partial charge is 0.309 e. The Morgan fingerprint density at radius 3 is 2.39 bits per heavy atom. The molecular weight excluding hydrogens is 452 g/mol. The summed E-state index contributed by atoms with van der Waals surface area (Å²) >= 11 is 0. The molecule has 36 heavy (non-hydrogen) atoms. The second-order valence-electron chi connectivity index (χ2n) is 12.7. The molecule has 3 aliphatic rings. The molecule has 5 nitrogen and oxygen atoms in total. The third-order valence-electron chi connectivity index (χ3n) is 10.5. The number of rotatable bonds is 9. The van der Waals surface area contributed by atoms with Gasteiger partial charge >= 0.3 is 11.9 Å². The zero-order chi connectivity index (χ0) is 27.1. The van der Waals surface area contributed by atoms with Gasteiger partial charge in [-0.15, -0.1) is 0 Å². The molecule has 0 radical (unpaired) electrons. The highest BCUT2D eigenvalue weighted by molar-refractivity contribution is 5.93. The summed E-state index contributed by atoms with van der Waals surface area (Å²) in [5, 5.41) is 9.51. The lowest BCUT2D eigenvalue weighted by atomic mass is 9.44. The fourth-order valence-electron chi connectivity index (χ4n) is 8.46. The Labute approximate surface area is 217 Å². The topological polar surface area (TPSA) is 80.7 Å². The molecule has 0 bridgehead atoms. The number of allylic oxidation sites excluding steroid dienone is 5. The predicted molar refractivity (Wildman–Crippen MR) is 142 cm³/mol. The average molecular weight is 499 g/mol.